The fourth-order valence-corrected chi connectivity index (χ4v) is 4.04. The summed E-state index contributed by atoms with van der Waals surface area (Å²) in [4.78, 5) is 21.3. The van der Waals surface area contributed by atoms with Crippen molar-refractivity contribution in [1.82, 2.24) is 15.3 Å². The zero-order valence-corrected chi connectivity index (χ0v) is 15.3. The van der Waals surface area contributed by atoms with E-state index >= 15 is 0 Å². The molecule has 0 unspecified atom stereocenters. The van der Waals surface area contributed by atoms with Gasteiger partial charge in [-0.2, -0.15) is 0 Å². The third kappa shape index (κ3) is 3.54. The van der Waals surface area contributed by atoms with Crippen LogP contribution in [0.2, 0.25) is 5.02 Å². The molecule has 1 amide bonds. The molecule has 0 saturated heterocycles. The number of ether oxygens (including phenoxy) is 1. The monoisotopic (exact) mass is 365 g/mol. The van der Waals surface area contributed by atoms with Crippen molar-refractivity contribution < 1.29 is 9.53 Å². The summed E-state index contributed by atoms with van der Waals surface area (Å²) in [5.74, 6) is 0.163. The Bertz CT molecular complexity index is 713. The first-order chi connectivity index (χ1) is 11.5. The Labute approximate surface area is 150 Å². The van der Waals surface area contributed by atoms with Gasteiger partial charge in [-0.25, -0.2) is 9.97 Å². The molecule has 5 nitrogen and oxygen atoms in total. The second kappa shape index (κ2) is 7.07. The predicted octanol–water partition coefficient (Wildman–Crippen LogP) is 4.18. The fraction of sp³-hybridized carbons (Fsp3) is 0.471. The van der Waals surface area contributed by atoms with E-state index in [2.05, 4.69) is 15.3 Å². The lowest BCUT2D eigenvalue weighted by Crippen LogP contribution is -2.43. The molecular formula is C17H20ClN3O2S. The van der Waals surface area contributed by atoms with Crippen LogP contribution in [0.1, 0.15) is 54.9 Å². The maximum atomic E-state index is 12.7. The van der Waals surface area contributed by atoms with Crippen molar-refractivity contribution >= 4 is 28.8 Å². The van der Waals surface area contributed by atoms with Gasteiger partial charge in [-0.15, -0.1) is 11.3 Å². The van der Waals surface area contributed by atoms with Crippen molar-refractivity contribution in [3.63, 3.8) is 0 Å². The van der Waals surface area contributed by atoms with Crippen LogP contribution in [-0.4, -0.2) is 22.0 Å². The molecule has 0 atom stereocenters. The zero-order valence-electron chi connectivity index (χ0n) is 13.7. The lowest BCUT2D eigenvalue weighted by Gasteiger charge is -2.28. The predicted molar refractivity (Wildman–Crippen MR) is 94.7 cm³/mol. The lowest BCUT2D eigenvalue weighted by molar-refractivity contribution is 0.0897. The van der Waals surface area contributed by atoms with Gasteiger partial charge in [0.25, 0.3) is 5.91 Å². The molecule has 0 spiro atoms. The van der Waals surface area contributed by atoms with Gasteiger partial charge >= 0.3 is 0 Å². The van der Waals surface area contributed by atoms with Crippen LogP contribution in [0.25, 0.3) is 0 Å². The molecule has 0 aromatic carbocycles. The van der Waals surface area contributed by atoms with Crippen LogP contribution >= 0.6 is 22.9 Å². The summed E-state index contributed by atoms with van der Waals surface area (Å²) in [6, 6.07) is 1.60. The molecule has 2 aromatic rings. The fourth-order valence-electron chi connectivity index (χ4n) is 2.98. The third-order valence-electron chi connectivity index (χ3n) is 4.07. The van der Waals surface area contributed by atoms with E-state index in [9.17, 15) is 4.79 Å². The Morgan fingerprint density at radius 1 is 1.38 bits per heavy atom. The number of hydrogen-bond donors (Lipinski definition) is 1. The number of aromatic nitrogens is 2. The van der Waals surface area contributed by atoms with Crippen molar-refractivity contribution in [3.05, 3.63) is 39.4 Å². The normalized spacial score (nSPS) is 16.3. The van der Waals surface area contributed by atoms with Crippen LogP contribution in [0.5, 0.6) is 5.88 Å². The van der Waals surface area contributed by atoms with Crippen molar-refractivity contribution in [2.75, 3.05) is 0 Å². The van der Waals surface area contributed by atoms with E-state index in [1.165, 1.54) is 6.20 Å². The minimum Gasteiger partial charge on any atom is -0.474 e. The minimum atomic E-state index is -0.370. The largest absolute Gasteiger partial charge is 0.474 e. The van der Waals surface area contributed by atoms with Crippen LogP contribution in [0.3, 0.4) is 0 Å². The Kier molecular flexibility index (Phi) is 5.06. The zero-order chi connectivity index (χ0) is 17.2. The molecule has 1 saturated carbocycles. The first-order valence-electron chi connectivity index (χ1n) is 8.05. The average molecular weight is 366 g/mol. The number of halogens is 1. The van der Waals surface area contributed by atoms with E-state index in [0.717, 1.165) is 30.7 Å². The number of nitrogens with zero attached hydrogens (tertiary/aromatic N) is 2. The Hall–Kier alpha value is -1.66. The van der Waals surface area contributed by atoms with Gasteiger partial charge in [-0.1, -0.05) is 24.4 Å². The average Bonchev–Trinajstić information content (AvgIpc) is 3.20. The number of pyridine rings is 1. The molecule has 1 aliphatic carbocycles. The Balaban J connectivity index is 1.80. The molecule has 0 radical (unpaired) electrons. The standard InChI is InChI=1S/C17H20ClN3O2S/c1-11(2)23-15-13(18)9-12(10-20-15)14(22)21-17(5-3-4-6-17)16-19-7-8-24-16/h7-11H,3-6H2,1-2H3,(H,21,22). The second-order valence-electron chi connectivity index (χ2n) is 6.26. The van der Waals surface area contributed by atoms with Crippen LogP contribution < -0.4 is 10.1 Å². The Morgan fingerprint density at radius 2 is 2.12 bits per heavy atom. The highest BCUT2D eigenvalue weighted by molar-refractivity contribution is 7.09. The maximum absolute atomic E-state index is 12.7. The molecule has 1 aliphatic rings. The number of rotatable bonds is 5. The van der Waals surface area contributed by atoms with Crippen LogP contribution in [-0.2, 0) is 5.54 Å². The number of thiazole rings is 1. The van der Waals surface area contributed by atoms with Gasteiger partial charge in [0.15, 0.2) is 0 Å². The first-order valence-corrected chi connectivity index (χ1v) is 9.31. The van der Waals surface area contributed by atoms with E-state index in [0.29, 0.717) is 16.5 Å². The third-order valence-corrected chi connectivity index (χ3v) is 5.32. The van der Waals surface area contributed by atoms with E-state index in [4.69, 9.17) is 16.3 Å². The number of hydrogen-bond acceptors (Lipinski definition) is 5. The maximum Gasteiger partial charge on any atom is 0.253 e. The molecule has 1 N–H and O–H groups in total. The molecule has 1 fully saturated rings. The summed E-state index contributed by atoms with van der Waals surface area (Å²) < 4.78 is 5.51. The first kappa shape index (κ1) is 17.2. The summed E-state index contributed by atoms with van der Waals surface area (Å²) >= 11 is 7.77. The highest BCUT2D eigenvalue weighted by atomic mass is 35.5. The van der Waals surface area contributed by atoms with Crippen molar-refractivity contribution in [1.29, 1.82) is 0 Å². The molecular weight excluding hydrogens is 346 g/mol. The van der Waals surface area contributed by atoms with Gasteiger partial charge in [-0.05, 0) is 32.8 Å². The van der Waals surface area contributed by atoms with Crippen LogP contribution in [0, 0.1) is 0 Å². The van der Waals surface area contributed by atoms with Gasteiger partial charge in [0.05, 0.1) is 17.2 Å². The molecule has 3 rings (SSSR count). The SMILES string of the molecule is CC(C)Oc1ncc(C(=O)NC2(c3nccs3)CCCC2)cc1Cl. The smallest absolute Gasteiger partial charge is 0.253 e. The topological polar surface area (TPSA) is 64.1 Å². The van der Waals surface area contributed by atoms with Crippen LogP contribution in [0.4, 0.5) is 0 Å². The molecule has 7 heteroatoms. The summed E-state index contributed by atoms with van der Waals surface area (Å²) in [6.07, 6.45) is 7.23. The second-order valence-corrected chi connectivity index (χ2v) is 7.56. The summed E-state index contributed by atoms with van der Waals surface area (Å²) in [5, 5.41) is 6.41. The van der Waals surface area contributed by atoms with Crippen LogP contribution in [0.15, 0.2) is 23.8 Å². The number of nitrogens with one attached hydrogen (secondary N) is 1. The van der Waals surface area contributed by atoms with E-state index in [1.807, 2.05) is 19.2 Å². The van der Waals surface area contributed by atoms with Crippen molar-refractivity contribution in [3.8, 4) is 5.88 Å². The molecule has 0 bridgehead atoms. The van der Waals surface area contributed by atoms with Gasteiger partial charge in [0.2, 0.25) is 5.88 Å². The van der Waals surface area contributed by atoms with Gasteiger partial charge in [-0.3, -0.25) is 4.79 Å². The molecule has 2 aromatic heterocycles. The number of carbonyl (C=O) groups is 1. The summed E-state index contributed by atoms with van der Waals surface area (Å²) in [7, 11) is 0. The van der Waals surface area contributed by atoms with E-state index in [-0.39, 0.29) is 17.6 Å². The minimum absolute atomic E-state index is 0.0265. The van der Waals surface area contributed by atoms with Gasteiger partial charge < -0.3 is 10.1 Å². The number of carbonyl (C=O) groups excluding carboxylic acids is 1. The molecule has 0 aliphatic heterocycles. The van der Waals surface area contributed by atoms with Crippen molar-refractivity contribution in [2.24, 2.45) is 0 Å². The van der Waals surface area contributed by atoms with Crippen molar-refractivity contribution in [2.45, 2.75) is 51.2 Å². The number of amides is 1. The molecule has 24 heavy (non-hydrogen) atoms. The van der Waals surface area contributed by atoms with Gasteiger partial charge in [0.1, 0.15) is 10.0 Å². The van der Waals surface area contributed by atoms with E-state index < -0.39 is 0 Å². The molecule has 128 valence electrons. The van der Waals surface area contributed by atoms with Gasteiger partial charge in [0, 0.05) is 17.8 Å². The summed E-state index contributed by atoms with van der Waals surface area (Å²) in [5.41, 5.74) is 0.0594. The molecule has 2 heterocycles. The summed E-state index contributed by atoms with van der Waals surface area (Å²) in [6.45, 7) is 3.80. The quantitative estimate of drug-likeness (QED) is 0.863. The lowest BCUT2D eigenvalue weighted by atomic mass is 9.98. The Morgan fingerprint density at radius 3 is 2.71 bits per heavy atom. The van der Waals surface area contributed by atoms with E-state index in [1.54, 1.807) is 23.6 Å². The highest BCUT2D eigenvalue weighted by Gasteiger charge is 2.39. The highest BCUT2D eigenvalue weighted by Crippen LogP contribution is 2.40.